The summed E-state index contributed by atoms with van der Waals surface area (Å²) in [6, 6.07) is 8.64. The Morgan fingerprint density at radius 3 is 1.89 bits per heavy atom. The van der Waals surface area contributed by atoms with E-state index in [-0.39, 0.29) is 45.3 Å². The summed E-state index contributed by atoms with van der Waals surface area (Å²) >= 11 is 0. The number of rotatable bonds is 7. The number of nitrogens with one attached hydrogen (secondary N) is 2. The van der Waals surface area contributed by atoms with Gasteiger partial charge in [-0.25, -0.2) is 0 Å². The fourth-order valence-corrected chi connectivity index (χ4v) is 5.43. The van der Waals surface area contributed by atoms with Crippen molar-refractivity contribution >= 4 is 23.2 Å². The number of nitrogens with zero attached hydrogens (tertiary/aromatic N) is 2. The predicted molar refractivity (Wildman–Crippen MR) is 135 cm³/mol. The topological polar surface area (TPSA) is 144 Å². The fraction of sp³-hybridized carbons (Fsp3) is 0.462. The van der Waals surface area contributed by atoms with Crippen LogP contribution in [0.25, 0.3) is 0 Å². The van der Waals surface area contributed by atoms with E-state index in [1.54, 1.807) is 38.1 Å². The summed E-state index contributed by atoms with van der Waals surface area (Å²) < 4.78 is 0. The molecule has 2 unspecified atom stereocenters. The average Bonchev–Trinajstić information content (AvgIpc) is 2.76. The third-order valence-electron chi connectivity index (χ3n) is 6.79. The normalized spacial score (nSPS) is 20.9. The molecule has 2 N–H and O–H groups in total. The highest BCUT2D eigenvalue weighted by Gasteiger charge is 2.42. The monoisotopic (exact) mass is 496 g/mol. The lowest BCUT2D eigenvalue weighted by molar-refractivity contribution is -0.385. The zero-order chi connectivity index (χ0) is 26.8. The molecular weight excluding hydrogens is 464 g/mol. The first-order valence-corrected chi connectivity index (χ1v) is 11.8. The molecule has 2 amide bonds. The molecule has 1 aliphatic rings. The van der Waals surface area contributed by atoms with Gasteiger partial charge in [0, 0.05) is 47.0 Å². The molecule has 0 aromatic heterocycles. The van der Waals surface area contributed by atoms with Gasteiger partial charge in [-0.2, -0.15) is 0 Å². The third-order valence-corrected chi connectivity index (χ3v) is 6.79. The van der Waals surface area contributed by atoms with Crippen molar-refractivity contribution in [2.75, 3.05) is 6.54 Å². The summed E-state index contributed by atoms with van der Waals surface area (Å²) in [5, 5.41) is 28.4. The van der Waals surface area contributed by atoms with Gasteiger partial charge in [-0.1, -0.05) is 32.9 Å². The molecule has 2 aromatic rings. The smallest absolute Gasteiger partial charge is 0.273 e. The molecule has 192 valence electrons. The van der Waals surface area contributed by atoms with Crippen molar-refractivity contribution in [2.24, 2.45) is 10.8 Å². The lowest BCUT2D eigenvalue weighted by Crippen LogP contribution is -2.50. The Balaban J connectivity index is 1.71. The first kappa shape index (κ1) is 26.8. The number of carbonyl (C=O) groups excluding carboxylic acids is 2. The number of hydrogen-bond donors (Lipinski definition) is 2. The first-order valence-electron chi connectivity index (χ1n) is 11.8. The van der Waals surface area contributed by atoms with Crippen LogP contribution in [0.1, 0.15) is 71.9 Å². The van der Waals surface area contributed by atoms with Gasteiger partial charge >= 0.3 is 0 Å². The number of nitro benzene ring substituents is 2. The summed E-state index contributed by atoms with van der Waals surface area (Å²) in [4.78, 5) is 47.2. The molecule has 0 heterocycles. The Hall–Kier alpha value is -3.82. The summed E-state index contributed by atoms with van der Waals surface area (Å²) in [6.45, 7) is 9.82. The molecule has 36 heavy (non-hydrogen) atoms. The first-order chi connectivity index (χ1) is 16.7. The second-order valence-electron chi connectivity index (χ2n) is 10.9. The summed E-state index contributed by atoms with van der Waals surface area (Å²) in [5.41, 5.74) is 0.737. The third kappa shape index (κ3) is 6.24. The van der Waals surface area contributed by atoms with Crippen LogP contribution in [0.4, 0.5) is 11.4 Å². The minimum Gasteiger partial charge on any atom is -0.351 e. The van der Waals surface area contributed by atoms with Crippen molar-refractivity contribution in [1.82, 2.24) is 10.6 Å². The minimum atomic E-state index is -0.507. The quantitative estimate of drug-likeness (QED) is 0.413. The second-order valence-corrected chi connectivity index (χ2v) is 10.9. The Morgan fingerprint density at radius 2 is 1.39 bits per heavy atom. The highest BCUT2D eigenvalue weighted by Crippen LogP contribution is 2.46. The molecule has 0 saturated heterocycles. The van der Waals surface area contributed by atoms with Crippen molar-refractivity contribution in [1.29, 1.82) is 0 Å². The Bertz CT molecular complexity index is 1220. The zero-order valence-electron chi connectivity index (χ0n) is 21.2. The molecule has 0 bridgehead atoms. The van der Waals surface area contributed by atoms with Crippen molar-refractivity contribution in [3.05, 3.63) is 78.9 Å². The number of hydrogen-bond acceptors (Lipinski definition) is 6. The van der Waals surface area contributed by atoms with Crippen LogP contribution in [0, 0.1) is 44.9 Å². The van der Waals surface area contributed by atoms with Gasteiger partial charge in [0.1, 0.15) is 0 Å². The summed E-state index contributed by atoms with van der Waals surface area (Å²) in [6.07, 6.45) is 2.13. The molecule has 10 nitrogen and oxygen atoms in total. The van der Waals surface area contributed by atoms with Crippen LogP contribution in [-0.2, 0) is 0 Å². The second kappa shape index (κ2) is 10.0. The van der Waals surface area contributed by atoms with Crippen LogP contribution in [-0.4, -0.2) is 34.2 Å². The van der Waals surface area contributed by atoms with Crippen LogP contribution < -0.4 is 10.6 Å². The number of carbonyl (C=O) groups is 2. The number of benzene rings is 2. The summed E-state index contributed by atoms with van der Waals surface area (Å²) in [5.74, 6) is -0.769. The van der Waals surface area contributed by atoms with Crippen LogP contribution in [0.5, 0.6) is 0 Å². The van der Waals surface area contributed by atoms with Gasteiger partial charge in [0.25, 0.3) is 23.2 Å². The van der Waals surface area contributed by atoms with Gasteiger partial charge in [0.05, 0.1) is 9.85 Å². The Labute approximate surface area is 209 Å². The fourth-order valence-electron chi connectivity index (χ4n) is 5.43. The van der Waals surface area contributed by atoms with Gasteiger partial charge in [-0.15, -0.1) is 0 Å². The average molecular weight is 497 g/mol. The van der Waals surface area contributed by atoms with Crippen molar-refractivity contribution in [3.63, 3.8) is 0 Å². The molecule has 0 aliphatic heterocycles. The van der Waals surface area contributed by atoms with E-state index in [0.717, 1.165) is 12.8 Å². The lowest BCUT2D eigenvalue weighted by atomic mass is 9.62. The maximum Gasteiger partial charge on any atom is 0.273 e. The molecule has 2 atom stereocenters. The molecule has 0 radical (unpaired) electrons. The SMILES string of the molecule is Cc1ccc(C(=O)NCC2(C)CC(NC(=O)c3ccc(C)c([N+](=O)[O-])c3)CC(C)(C)C2)cc1[N+](=O)[O-]. The maximum atomic E-state index is 12.9. The minimum absolute atomic E-state index is 0.101. The maximum absolute atomic E-state index is 12.9. The van der Waals surface area contributed by atoms with Gasteiger partial charge in [0.2, 0.25) is 0 Å². The predicted octanol–water partition coefficient (Wildman–Crippen LogP) is 4.86. The molecule has 1 fully saturated rings. The van der Waals surface area contributed by atoms with Gasteiger partial charge < -0.3 is 10.6 Å². The zero-order valence-corrected chi connectivity index (χ0v) is 21.2. The largest absolute Gasteiger partial charge is 0.351 e. The molecule has 2 aromatic carbocycles. The number of aryl methyl sites for hydroxylation is 2. The molecule has 0 spiro atoms. The van der Waals surface area contributed by atoms with Crippen LogP contribution >= 0.6 is 0 Å². The van der Waals surface area contributed by atoms with E-state index in [4.69, 9.17) is 0 Å². The van der Waals surface area contributed by atoms with E-state index < -0.39 is 15.8 Å². The lowest BCUT2D eigenvalue weighted by Gasteiger charge is -2.47. The summed E-state index contributed by atoms with van der Waals surface area (Å²) in [7, 11) is 0. The Morgan fingerprint density at radius 1 is 0.889 bits per heavy atom. The van der Waals surface area contributed by atoms with Gasteiger partial charge in [-0.05, 0) is 56.1 Å². The van der Waals surface area contributed by atoms with Crippen LogP contribution in [0.15, 0.2) is 36.4 Å². The van der Waals surface area contributed by atoms with Crippen LogP contribution in [0.3, 0.4) is 0 Å². The molecular formula is C26H32N4O6. The van der Waals surface area contributed by atoms with E-state index in [9.17, 15) is 29.8 Å². The van der Waals surface area contributed by atoms with E-state index in [1.165, 1.54) is 12.1 Å². The highest BCUT2D eigenvalue weighted by molar-refractivity contribution is 5.95. The van der Waals surface area contributed by atoms with E-state index in [1.807, 2.05) is 6.92 Å². The van der Waals surface area contributed by atoms with Crippen molar-refractivity contribution in [2.45, 2.75) is 59.9 Å². The highest BCUT2D eigenvalue weighted by atomic mass is 16.6. The van der Waals surface area contributed by atoms with Gasteiger partial charge in [0.15, 0.2) is 0 Å². The van der Waals surface area contributed by atoms with Gasteiger partial charge in [-0.3, -0.25) is 29.8 Å². The number of amides is 2. The molecule has 1 aliphatic carbocycles. The molecule has 3 rings (SSSR count). The molecule has 1 saturated carbocycles. The van der Waals surface area contributed by atoms with E-state index >= 15 is 0 Å². The van der Waals surface area contributed by atoms with E-state index in [2.05, 4.69) is 24.5 Å². The van der Waals surface area contributed by atoms with Crippen LogP contribution in [0.2, 0.25) is 0 Å². The van der Waals surface area contributed by atoms with E-state index in [0.29, 0.717) is 24.1 Å². The standard InChI is InChI=1S/C26H32N4O6/c1-16-6-8-18(10-21(16)29(33)34)23(31)27-15-26(5)13-20(12-25(3,4)14-26)28-24(32)19-9-7-17(2)22(11-19)30(35)36/h6-11,20H,12-15H2,1-5H3,(H,27,31)(H,28,32). The van der Waals surface area contributed by atoms with Crippen molar-refractivity contribution < 1.29 is 19.4 Å². The number of nitro groups is 2. The Kier molecular flexibility index (Phi) is 7.47. The van der Waals surface area contributed by atoms with Crippen molar-refractivity contribution in [3.8, 4) is 0 Å². The molecule has 10 heteroatoms.